The summed E-state index contributed by atoms with van der Waals surface area (Å²) in [7, 11) is 0. The van der Waals surface area contributed by atoms with Crippen molar-refractivity contribution in [1.29, 1.82) is 0 Å². The summed E-state index contributed by atoms with van der Waals surface area (Å²) >= 11 is 0. The summed E-state index contributed by atoms with van der Waals surface area (Å²) in [5.41, 5.74) is 3.22. The molecule has 1 aliphatic heterocycles. The molecule has 0 radical (unpaired) electrons. The number of imidazole rings is 1. The Balaban J connectivity index is 0.000000384. The summed E-state index contributed by atoms with van der Waals surface area (Å²) in [5.74, 6) is -1.85. The van der Waals surface area contributed by atoms with Gasteiger partial charge >= 0.3 is 12.1 Å². The zero-order valence-electron chi connectivity index (χ0n) is 18.7. The molecule has 8 nitrogen and oxygen atoms in total. The topological polar surface area (TPSA) is 104 Å². The number of halogens is 4. The predicted molar refractivity (Wildman–Crippen MR) is 121 cm³/mol. The number of H-pyrrole nitrogens is 1. The zero-order valence-corrected chi connectivity index (χ0v) is 18.7. The number of hydrogen-bond acceptors (Lipinski definition) is 4. The van der Waals surface area contributed by atoms with E-state index < -0.39 is 12.1 Å². The first-order chi connectivity index (χ1) is 17.1. The number of aliphatic carboxylic acids is 1. The Morgan fingerprint density at radius 1 is 1.06 bits per heavy atom. The van der Waals surface area contributed by atoms with Crippen LogP contribution in [-0.4, -0.2) is 60.5 Å². The molecule has 188 valence electrons. The van der Waals surface area contributed by atoms with Crippen LogP contribution in [0.1, 0.15) is 35.1 Å². The third-order valence-electron chi connectivity index (χ3n) is 5.80. The lowest BCUT2D eigenvalue weighted by Crippen LogP contribution is -2.38. The normalized spacial score (nSPS) is 14.4. The molecule has 1 amide bonds. The molecule has 0 saturated carbocycles. The van der Waals surface area contributed by atoms with Crippen molar-refractivity contribution in [3.8, 4) is 11.3 Å². The number of amides is 1. The number of piperidine rings is 1. The van der Waals surface area contributed by atoms with Crippen LogP contribution in [0.3, 0.4) is 0 Å². The minimum atomic E-state index is -5.08. The van der Waals surface area contributed by atoms with E-state index in [1.807, 2.05) is 33.7 Å². The monoisotopic (exact) mass is 503 g/mol. The lowest BCUT2D eigenvalue weighted by Gasteiger charge is -2.31. The van der Waals surface area contributed by atoms with Gasteiger partial charge in [0, 0.05) is 30.7 Å². The average molecular weight is 503 g/mol. The van der Waals surface area contributed by atoms with Crippen molar-refractivity contribution in [3.63, 3.8) is 0 Å². The number of rotatable bonds is 3. The second-order valence-corrected chi connectivity index (χ2v) is 8.17. The summed E-state index contributed by atoms with van der Waals surface area (Å²) in [6.45, 7) is 1.34. The van der Waals surface area contributed by atoms with E-state index in [2.05, 4.69) is 15.0 Å². The van der Waals surface area contributed by atoms with Gasteiger partial charge in [0.1, 0.15) is 17.3 Å². The number of fused-ring (bicyclic) bond motifs is 1. The van der Waals surface area contributed by atoms with E-state index in [1.54, 1.807) is 24.7 Å². The van der Waals surface area contributed by atoms with E-state index in [1.165, 1.54) is 12.1 Å². The van der Waals surface area contributed by atoms with Crippen LogP contribution in [-0.2, 0) is 4.79 Å². The highest BCUT2D eigenvalue weighted by molar-refractivity contribution is 5.93. The predicted octanol–water partition coefficient (Wildman–Crippen LogP) is 4.52. The van der Waals surface area contributed by atoms with Crippen molar-refractivity contribution in [2.24, 2.45) is 0 Å². The molecular weight excluding hydrogens is 482 g/mol. The molecule has 3 aromatic heterocycles. The highest BCUT2D eigenvalue weighted by Gasteiger charge is 2.38. The van der Waals surface area contributed by atoms with Gasteiger partial charge in [-0.1, -0.05) is 0 Å². The van der Waals surface area contributed by atoms with Crippen LogP contribution in [0.25, 0.3) is 16.8 Å². The number of nitrogens with zero attached hydrogens (tertiary/aromatic N) is 4. The molecule has 36 heavy (non-hydrogen) atoms. The van der Waals surface area contributed by atoms with Crippen LogP contribution in [0.15, 0.2) is 61.2 Å². The average Bonchev–Trinajstić information content (AvgIpc) is 3.53. The molecular formula is C24H21F4N5O3. The smallest absolute Gasteiger partial charge is 0.475 e. The van der Waals surface area contributed by atoms with Gasteiger partial charge in [-0.3, -0.25) is 4.79 Å². The van der Waals surface area contributed by atoms with Crippen molar-refractivity contribution in [2.75, 3.05) is 13.1 Å². The van der Waals surface area contributed by atoms with Gasteiger partial charge in [0.25, 0.3) is 5.91 Å². The summed E-state index contributed by atoms with van der Waals surface area (Å²) in [4.78, 5) is 35.8. The number of aromatic amines is 1. The quantitative estimate of drug-likeness (QED) is 0.400. The van der Waals surface area contributed by atoms with Gasteiger partial charge in [-0.15, -0.1) is 0 Å². The largest absolute Gasteiger partial charge is 0.490 e. The molecule has 1 fully saturated rings. The Kier molecular flexibility index (Phi) is 7.04. The van der Waals surface area contributed by atoms with Gasteiger partial charge in [-0.05, 0) is 60.9 Å². The first-order valence-electron chi connectivity index (χ1n) is 10.9. The molecule has 0 atom stereocenters. The minimum Gasteiger partial charge on any atom is -0.475 e. The maximum absolute atomic E-state index is 13.1. The van der Waals surface area contributed by atoms with E-state index in [9.17, 15) is 22.4 Å². The van der Waals surface area contributed by atoms with Gasteiger partial charge in [0.15, 0.2) is 0 Å². The van der Waals surface area contributed by atoms with Crippen molar-refractivity contribution in [1.82, 2.24) is 24.3 Å². The molecule has 0 bridgehead atoms. The van der Waals surface area contributed by atoms with Crippen LogP contribution in [0.4, 0.5) is 17.6 Å². The van der Waals surface area contributed by atoms with Gasteiger partial charge in [0.05, 0.1) is 18.2 Å². The number of hydrogen-bond donors (Lipinski definition) is 2. The number of carbonyl (C=O) groups excluding carboxylic acids is 1. The lowest BCUT2D eigenvalue weighted by atomic mass is 9.96. The standard InChI is InChI=1S/C22H20FN5O.C2HF3O2/c23-17-5-3-15(4-6-17)20-13-24-21(26-20)16-7-10-27(11-8-16)22(29)19-12-18-2-1-9-28(18)14-25-19;3-2(4,5)1(6)7/h1-6,9,12-14,16H,7-8,10-11H2,(H,24,26);(H,6,7). The van der Waals surface area contributed by atoms with Gasteiger partial charge < -0.3 is 19.4 Å². The van der Waals surface area contributed by atoms with E-state index in [4.69, 9.17) is 9.90 Å². The number of alkyl halides is 3. The van der Waals surface area contributed by atoms with Gasteiger partial charge in [-0.25, -0.2) is 19.2 Å². The van der Waals surface area contributed by atoms with Crippen molar-refractivity contribution >= 4 is 17.4 Å². The van der Waals surface area contributed by atoms with Crippen LogP contribution in [0.2, 0.25) is 0 Å². The molecule has 1 saturated heterocycles. The Morgan fingerprint density at radius 2 is 1.72 bits per heavy atom. The molecule has 4 aromatic rings. The minimum absolute atomic E-state index is 0.0291. The molecule has 12 heteroatoms. The summed E-state index contributed by atoms with van der Waals surface area (Å²) in [6, 6.07) is 12.1. The number of carboxylic acids is 1. The maximum Gasteiger partial charge on any atom is 0.490 e. The fraction of sp³-hybridized carbons (Fsp3) is 0.250. The number of carbonyl (C=O) groups is 2. The third kappa shape index (κ3) is 5.70. The molecule has 4 heterocycles. The van der Waals surface area contributed by atoms with E-state index in [-0.39, 0.29) is 17.6 Å². The molecule has 0 aliphatic carbocycles. The lowest BCUT2D eigenvalue weighted by molar-refractivity contribution is -0.192. The molecule has 1 aliphatic rings. The van der Waals surface area contributed by atoms with Crippen molar-refractivity contribution < 1.29 is 32.3 Å². The number of carboxylic acid groups (broad SMARTS) is 1. The van der Waals surface area contributed by atoms with Crippen LogP contribution in [0, 0.1) is 5.82 Å². The first-order valence-corrected chi connectivity index (χ1v) is 10.9. The van der Waals surface area contributed by atoms with Gasteiger partial charge in [0.2, 0.25) is 0 Å². The van der Waals surface area contributed by atoms with Gasteiger partial charge in [-0.2, -0.15) is 13.2 Å². The Bertz CT molecular complexity index is 1360. The van der Waals surface area contributed by atoms with E-state index >= 15 is 0 Å². The molecule has 2 N–H and O–H groups in total. The van der Waals surface area contributed by atoms with Crippen molar-refractivity contribution in [3.05, 3.63) is 78.5 Å². The summed E-state index contributed by atoms with van der Waals surface area (Å²) < 4.78 is 46.7. The van der Waals surface area contributed by atoms with Crippen LogP contribution >= 0.6 is 0 Å². The highest BCUT2D eigenvalue weighted by atomic mass is 19.4. The van der Waals surface area contributed by atoms with Crippen LogP contribution < -0.4 is 0 Å². The van der Waals surface area contributed by atoms with E-state index in [0.29, 0.717) is 18.8 Å². The highest BCUT2D eigenvalue weighted by Crippen LogP contribution is 2.28. The first kappa shape index (κ1) is 24.9. The Labute approximate surface area is 202 Å². The second-order valence-electron chi connectivity index (χ2n) is 8.17. The molecule has 0 spiro atoms. The zero-order chi connectivity index (χ0) is 25.9. The SMILES string of the molecule is O=C(O)C(F)(F)F.O=C(c1cc2cccn2cn1)N1CCC(c2ncc(-c3ccc(F)cc3)[nH]2)CC1. The summed E-state index contributed by atoms with van der Waals surface area (Å²) in [5, 5.41) is 7.12. The fourth-order valence-corrected chi connectivity index (χ4v) is 3.89. The number of nitrogens with one attached hydrogen (secondary N) is 1. The molecule has 1 aromatic carbocycles. The van der Waals surface area contributed by atoms with Crippen molar-refractivity contribution in [2.45, 2.75) is 24.9 Å². The maximum atomic E-state index is 13.1. The Morgan fingerprint density at radius 3 is 2.36 bits per heavy atom. The molecule has 0 unspecified atom stereocenters. The second kappa shape index (κ2) is 10.2. The Hall–Kier alpha value is -4.22. The van der Waals surface area contributed by atoms with E-state index in [0.717, 1.165) is 35.4 Å². The molecule has 5 rings (SSSR count). The number of benzene rings is 1. The number of likely N-dealkylation sites (tertiary alicyclic amines) is 1. The summed E-state index contributed by atoms with van der Waals surface area (Å²) in [6.07, 6.45) is 1.97. The third-order valence-corrected chi connectivity index (χ3v) is 5.80. The number of aromatic nitrogens is 4. The fourth-order valence-electron chi connectivity index (χ4n) is 3.89. The van der Waals surface area contributed by atoms with Crippen LogP contribution in [0.5, 0.6) is 0 Å².